The second-order valence-electron chi connectivity index (χ2n) is 5.01. The molecule has 116 valence electrons. The summed E-state index contributed by atoms with van der Waals surface area (Å²) in [5, 5.41) is 4.69. The van der Waals surface area contributed by atoms with E-state index in [4.69, 9.17) is 9.47 Å². The minimum absolute atomic E-state index is 0.303. The molecule has 1 atom stereocenters. The van der Waals surface area contributed by atoms with E-state index >= 15 is 0 Å². The van der Waals surface area contributed by atoms with Crippen LogP contribution in [0.2, 0.25) is 0 Å². The Morgan fingerprint density at radius 1 is 1.19 bits per heavy atom. The van der Waals surface area contributed by atoms with Crippen LogP contribution in [0, 0.1) is 0 Å². The second kappa shape index (κ2) is 9.10. The first-order chi connectivity index (χ1) is 10.3. The Hall–Kier alpha value is -1.01. The minimum Gasteiger partial charge on any atom is -0.382 e. The highest BCUT2D eigenvalue weighted by molar-refractivity contribution is 7.18. The molecule has 0 fully saturated rings. The lowest BCUT2D eigenvalue weighted by Gasteiger charge is -2.10. The molecule has 1 heterocycles. The molecule has 0 radical (unpaired) electrons. The molecular weight excluding hydrogens is 284 g/mol. The number of hydrogen-bond donors (Lipinski definition) is 1. The zero-order valence-electron chi connectivity index (χ0n) is 12.8. The normalized spacial score (nSPS) is 12.9. The lowest BCUT2D eigenvalue weighted by Crippen LogP contribution is -2.20. The van der Waals surface area contributed by atoms with Crippen molar-refractivity contribution in [2.24, 2.45) is 0 Å². The van der Waals surface area contributed by atoms with Gasteiger partial charge in [0.15, 0.2) is 0 Å². The average Bonchev–Trinajstić information content (AvgIpc) is 2.94. The highest BCUT2D eigenvalue weighted by atomic mass is 32.1. The number of nitrogens with one attached hydrogen (secondary N) is 1. The van der Waals surface area contributed by atoms with Crippen molar-refractivity contribution in [2.75, 3.05) is 33.5 Å². The molecule has 0 spiro atoms. The number of para-hydroxylation sites is 1. The van der Waals surface area contributed by atoms with E-state index in [-0.39, 0.29) is 0 Å². The van der Waals surface area contributed by atoms with Crippen molar-refractivity contribution in [1.29, 1.82) is 0 Å². The molecule has 1 aromatic heterocycles. The van der Waals surface area contributed by atoms with Gasteiger partial charge in [0.2, 0.25) is 0 Å². The summed E-state index contributed by atoms with van der Waals surface area (Å²) < 4.78 is 11.6. The van der Waals surface area contributed by atoms with E-state index in [0.29, 0.717) is 19.3 Å². The molecule has 0 amide bonds. The maximum absolute atomic E-state index is 5.44. The number of methoxy groups -OCH3 is 1. The summed E-state index contributed by atoms with van der Waals surface area (Å²) in [6.45, 7) is 5.33. The summed E-state index contributed by atoms with van der Waals surface area (Å²) in [7, 11) is 1.69. The van der Waals surface area contributed by atoms with Crippen LogP contribution in [0.1, 0.15) is 30.8 Å². The van der Waals surface area contributed by atoms with E-state index in [0.717, 1.165) is 36.5 Å². The van der Waals surface area contributed by atoms with Gasteiger partial charge in [0.05, 0.1) is 29.5 Å². The van der Waals surface area contributed by atoms with Gasteiger partial charge < -0.3 is 14.8 Å². The molecule has 1 unspecified atom stereocenters. The number of rotatable bonds is 10. The van der Waals surface area contributed by atoms with Gasteiger partial charge in [-0.1, -0.05) is 12.1 Å². The number of unbranched alkanes of at least 4 members (excludes halogenated alkanes) is 1. The van der Waals surface area contributed by atoms with Gasteiger partial charge in [0.1, 0.15) is 5.01 Å². The smallest absolute Gasteiger partial charge is 0.111 e. The van der Waals surface area contributed by atoms with Crippen LogP contribution in [0.5, 0.6) is 0 Å². The number of thiazole rings is 1. The summed E-state index contributed by atoms with van der Waals surface area (Å²) >= 11 is 1.77. The summed E-state index contributed by atoms with van der Waals surface area (Å²) in [4.78, 5) is 4.68. The van der Waals surface area contributed by atoms with Crippen molar-refractivity contribution >= 4 is 21.6 Å². The molecule has 21 heavy (non-hydrogen) atoms. The maximum Gasteiger partial charge on any atom is 0.111 e. The van der Waals surface area contributed by atoms with Crippen molar-refractivity contribution < 1.29 is 9.47 Å². The molecule has 0 aliphatic rings. The van der Waals surface area contributed by atoms with Crippen molar-refractivity contribution in [1.82, 2.24) is 10.3 Å². The highest BCUT2D eigenvalue weighted by Gasteiger charge is 2.10. The molecule has 2 aromatic rings. The van der Waals surface area contributed by atoms with Gasteiger partial charge in [-0.05, 0) is 38.4 Å². The standard InChI is InChI=1S/C16H24N2O2S/c1-13(17-9-5-6-10-20-12-11-19-2)16-18-14-7-3-4-8-15(14)21-16/h3-4,7-8,13,17H,5-6,9-12H2,1-2H3. The van der Waals surface area contributed by atoms with Crippen molar-refractivity contribution in [3.63, 3.8) is 0 Å². The minimum atomic E-state index is 0.303. The van der Waals surface area contributed by atoms with Gasteiger partial charge in [-0.25, -0.2) is 4.98 Å². The molecule has 2 rings (SSSR count). The number of benzene rings is 1. The summed E-state index contributed by atoms with van der Waals surface area (Å²) in [5.41, 5.74) is 1.10. The van der Waals surface area contributed by atoms with Crippen LogP contribution in [-0.2, 0) is 9.47 Å². The zero-order valence-corrected chi connectivity index (χ0v) is 13.6. The Bertz CT molecular complexity index is 497. The monoisotopic (exact) mass is 308 g/mol. The molecule has 1 N–H and O–H groups in total. The fourth-order valence-corrected chi connectivity index (χ4v) is 3.05. The molecule has 0 aliphatic heterocycles. The predicted molar refractivity (Wildman–Crippen MR) is 88.0 cm³/mol. The third kappa shape index (κ3) is 5.36. The molecule has 0 bridgehead atoms. The molecular formula is C16H24N2O2S. The van der Waals surface area contributed by atoms with Gasteiger partial charge in [0, 0.05) is 13.7 Å². The summed E-state index contributed by atoms with van der Waals surface area (Å²) in [6.07, 6.45) is 2.19. The molecule has 0 saturated heterocycles. The molecule has 1 aromatic carbocycles. The Morgan fingerprint density at radius 2 is 2.05 bits per heavy atom. The Morgan fingerprint density at radius 3 is 2.86 bits per heavy atom. The highest BCUT2D eigenvalue weighted by Crippen LogP contribution is 2.25. The molecule has 0 aliphatic carbocycles. The summed E-state index contributed by atoms with van der Waals surface area (Å²) in [6, 6.07) is 8.59. The first-order valence-electron chi connectivity index (χ1n) is 7.47. The Balaban J connectivity index is 1.64. The van der Waals surface area contributed by atoms with E-state index in [1.54, 1.807) is 18.4 Å². The molecule has 5 heteroatoms. The second-order valence-corrected chi connectivity index (χ2v) is 6.07. The zero-order chi connectivity index (χ0) is 14.9. The number of hydrogen-bond acceptors (Lipinski definition) is 5. The van der Waals surface area contributed by atoms with E-state index in [9.17, 15) is 0 Å². The maximum atomic E-state index is 5.44. The summed E-state index contributed by atoms with van der Waals surface area (Å²) in [5.74, 6) is 0. The quantitative estimate of drug-likeness (QED) is 0.683. The fourth-order valence-electron chi connectivity index (χ4n) is 2.05. The molecule has 0 saturated carbocycles. The van der Waals surface area contributed by atoms with Crippen LogP contribution in [0.15, 0.2) is 24.3 Å². The van der Waals surface area contributed by atoms with E-state index in [1.165, 1.54) is 4.70 Å². The first-order valence-corrected chi connectivity index (χ1v) is 8.28. The topological polar surface area (TPSA) is 43.4 Å². The number of nitrogens with zero attached hydrogens (tertiary/aromatic N) is 1. The van der Waals surface area contributed by atoms with Crippen LogP contribution < -0.4 is 5.32 Å². The van der Waals surface area contributed by atoms with E-state index in [1.807, 2.05) is 6.07 Å². The molecule has 4 nitrogen and oxygen atoms in total. The van der Waals surface area contributed by atoms with Crippen LogP contribution in [0.3, 0.4) is 0 Å². The van der Waals surface area contributed by atoms with E-state index < -0.39 is 0 Å². The van der Waals surface area contributed by atoms with Crippen LogP contribution in [0.4, 0.5) is 0 Å². The third-order valence-corrected chi connectivity index (χ3v) is 4.50. The third-order valence-electron chi connectivity index (χ3n) is 3.28. The first kappa shape index (κ1) is 16.4. The lowest BCUT2D eigenvalue weighted by molar-refractivity contribution is 0.0687. The SMILES string of the molecule is COCCOCCCCNC(C)c1nc2ccccc2s1. The lowest BCUT2D eigenvalue weighted by atomic mass is 10.3. The number of fused-ring (bicyclic) bond motifs is 1. The van der Waals surface area contributed by atoms with Gasteiger partial charge in [0.25, 0.3) is 0 Å². The van der Waals surface area contributed by atoms with Crippen molar-refractivity contribution in [2.45, 2.75) is 25.8 Å². The Kier molecular flexibility index (Phi) is 7.09. The average molecular weight is 308 g/mol. The Labute approximate surface area is 130 Å². The number of aromatic nitrogens is 1. The predicted octanol–water partition coefficient (Wildman–Crippen LogP) is 3.39. The van der Waals surface area contributed by atoms with Gasteiger partial charge in [-0.3, -0.25) is 0 Å². The van der Waals surface area contributed by atoms with Crippen LogP contribution >= 0.6 is 11.3 Å². The fraction of sp³-hybridized carbons (Fsp3) is 0.562. The number of ether oxygens (including phenoxy) is 2. The van der Waals surface area contributed by atoms with Crippen LogP contribution in [-0.4, -0.2) is 38.5 Å². The van der Waals surface area contributed by atoms with Crippen molar-refractivity contribution in [3.05, 3.63) is 29.3 Å². The van der Waals surface area contributed by atoms with Gasteiger partial charge in [-0.2, -0.15) is 0 Å². The van der Waals surface area contributed by atoms with E-state index in [2.05, 4.69) is 35.4 Å². The largest absolute Gasteiger partial charge is 0.382 e. The van der Waals surface area contributed by atoms with Gasteiger partial charge >= 0.3 is 0 Å². The van der Waals surface area contributed by atoms with Crippen molar-refractivity contribution in [3.8, 4) is 0 Å². The van der Waals surface area contributed by atoms with Crippen LogP contribution in [0.25, 0.3) is 10.2 Å². The van der Waals surface area contributed by atoms with Gasteiger partial charge in [-0.15, -0.1) is 11.3 Å².